The van der Waals surface area contributed by atoms with Gasteiger partial charge in [-0.2, -0.15) is 10.4 Å². The number of rotatable bonds is 3. The quantitative estimate of drug-likeness (QED) is 0.728. The third-order valence-corrected chi connectivity index (χ3v) is 3.10. The average Bonchev–Trinajstić information content (AvgIpc) is 2.86. The normalized spacial score (nSPS) is 10.4. The number of nitrogens with zero attached hydrogens (tertiary/aromatic N) is 4. The van der Waals surface area contributed by atoms with Crippen molar-refractivity contribution in [3.63, 3.8) is 0 Å². The van der Waals surface area contributed by atoms with Crippen LogP contribution >= 0.6 is 0 Å². The molecule has 0 aliphatic rings. The number of hydrogen-bond donors (Lipinski definition) is 0. The van der Waals surface area contributed by atoms with Crippen molar-refractivity contribution in [1.82, 2.24) is 14.8 Å². The molecule has 98 valence electrons. The van der Waals surface area contributed by atoms with E-state index in [1.807, 2.05) is 36.4 Å². The van der Waals surface area contributed by atoms with Gasteiger partial charge in [-0.05, 0) is 29.8 Å². The van der Waals surface area contributed by atoms with Gasteiger partial charge in [-0.1, -0.05) is 12.1 Å². The third-order valence-electron chi connectivity index (χ3n) is 3.10. The van der Waals surface area contributed by atoms with Crippen LogP contribution in [0.25, 0.3) is 11.0 Å². The maximum absolute atomic E-state index is 9.11. The molecule has 0 N–H and O–H groups in total. The molecule has 0 amide bonds. The minimum Gasteiger partial charge on any atom is -0.497 e. The van der Waals surface area contributed by atoms with Gasteiger partial charge in [0.1, 0.15) is 11.8 Å². The molecular formula is C15H12N4O. The van der Waals surface area contributed by atoms with Crippen molar-refractivity contribution in [3.05, 3.63) is 53.9 Å². The van der Waals surface area contributed by atoms with E-state index in [1.54, 1.807) is 18.0 Å². The number of fused-ring (bicyclic) bond motifs is 1. The summed E-state index contributed by atoms with van der Waals surface area (Å²) in [4.78, 5) is 4.30. The molecule has 0 saturated heterocycles. The summed E-state index contributed by atoms with van der Waals surface area (Å²) in [7, 11) is 1.64. The van der Waals surface area contributed by atoms with Crippen LogP contribution in [0.2, 0.25) is 0 Å². The molecule has 0 fully saturated rings. The number of hydrogen-bond acceptors (Lipinski definition) is 4. The molecule has 0 spiro atoms. The fourth-order valence-electron chi connectivity index (χ4n) is 2.11. The maximum atomic E-state index is 9.11. The van der Waals surface area contributed by atoms with E-state index in [2.05, 4.69) is 16.2 Å². The molecule has 1 aromatic carbocycles. The Morgan fingerprint density at radius 2 is 2.05 bits per heavy atom. The lowest BCUT2D eigenvalue weighted by Gasteiger charge is -2.04. The average molecular weight is 264 g/mol. The molecule has 3 aromatic rings. The first-order chi connectivity index (χ1) is 9.81. The van der Waals surface area contributed by atoms with E-state index in [1.165, 1.54) is 0 Å². The molecule has 20 heavy (non-hydrogen) atoms. The molecule has 5 heteroatoms. The standard InChI is InChI=1S/C15H12N4O/c1-20-12-6-4-11(5-7-12)10-19-15-13(3-2-8-17-15)14(9-16)18-19/h2-8H,10H2,1H3. The van der Waals surface area contributed by atoms with E-state index in [0.29, 0.717) is 12.2 Å². The molecular weight excluding hydrogens is 252 g/mol. The van der Waals surface area contributed by atoms with Crippen LogP contribution in [-0.2, 0) is 6.54 Å². The van der Waals surface area contributed by atoms with Gasteiger partial charge in [-0.3, -0.25) is 0 Å². The lowest BCUT2D eigenvalue weighted by molar-refractivity contribution is 0.414. The van der Waals surface area contributed by atoms with Crippen molar-refractivity contribution < 1.29 is 4.74 Å². The Balaban J connectivity index is 2.00. The van der Waals surface area contributed by atoms with Crippen molar-refractivity contribution in [2.75, 3.05) is 7.11 Å². The molecule has 5 nitrogen and oxygen atoms in total. The summed E-state index contributed by atoms with van der Waals surface area (Å²) in [6.45, 7) is 0.569. The van der Waals surface area contributed by atoms with E-state index < -0.39 is 0 Å². The first-order valence-electron chi connectivity index (χ1n) is 6.16. The van der Waals surface area contributed by atoms with Crippen LogP contribution in [0.5, 0.6) is 5.75 Å². The summed E-state index contributed by atoms with van der Waals surface area (Å²) in [5.41, 5.74) is 2.20. The number of nitriles is 1. The zero-order chi connectivity index (χ0) is 13.9. The summed E-state index contributed by atoms with van der Waals surface area (Å²) in [5.74, 6) is 0.815. The highest BCUT2D eigenvalue weighted by Crippen LogP contribution is 2.18. The van der Waals surface area contributed by atoms with E-state index in [-0.39, 0.29) is 0 Å². The van der Waals surface area contributed by atoms with Gasteiger partial charge in [-0.25, -0.2) is 9.67 Å². The molecule has 0 atom stereocenters. The van der Waals surface area contributed by atoms with Crippen LogP contribution in [0.4, 0.5) is 0 Å². The molecule has 2 aromatic heterocycles. The predicted octanol–water partition coefficient (Wildman–Crippen LogP) is 2.36. The SMILES string of the molecule is COc1ccc(Cn2nc(C#N)c3cccnc32)cc1. The largest absolute Gasteiger partial charge is 0.497 e. The predicted molar refractivity (Wildman–Crippen MR) is 74.3 cm³/mol. The number of methoxy groups -OCH3 is 1. The Kier molecular flexibility index (Phi) is 3.05. The minimum atomic E-state index is 0.404. The summed E-state index contributed by atoms with van der Waals surface area (Å²) < 4.78 is 6.88. The molecule has 0 bridgehead atoms. The Hall–Kier alpha value is -2.87. The number of benzene rings is 1. The molecule has 0 aliphatic carbocycles. The molecule has 2 heterocycles. The highest BCUT2D eigenvalue weighted by atomic mass is 16.5. The van der Waals surface area contributed by atoms with E-state index >= 15 is 0 Å². The number of ether oxygens (including phenoxy) is 1. The van der Waals surface area contributed by atoms with Gasteiger partial charge < -0.3 is 4.74 Å². The summed E-state index contributed by atoms with van der Waals surface area (Å²) in [6, 6.07) is 13.5. The Morgan fingerprint density at radius 3 is 2.75 bits per heavy atom. The van der Waals surface area contributed by atoms with E-state index in [4.69, 9.17) is 10.00 Å². The lowest BCUT2D eigenvalue weighted by atomic mass is 10.2. The van der Waals surface area contributed by atoms with Gasteiger partial charge in [0, 0.05) is 6.20 Å². The van der Waals surface area contributed by atoms with Crippen molar-refractivity contribution in [3.8, 4) is 11.8 Å². The van der Waals surface area contributed by atoms with Crippen LogP contribution in [-0.4, -0.2) is 21.9 Å². The van der Waals surface area contributed by atoms with Crippen molar-refractivity contribution in [2.45, 2.75) is 6.54 Å². The van der Waals surface area contributed by atoms with Crippen LogP contribution < -0.4 is 4.74 Å². The smallest absolute Gasteiger partial charge is 0.172 e. The highest BCUT2D eigenvalue weighted by molar-refractivity contribution is 5.80. The Bertz CT molecular complexity index is 784. The van der Waals surface area contributed by atoms with Gasteiger partial charge in [-0.15, -0.1) is 0 Å². The number of pyridine rings is 1. The minimum absolute atomic E-state index is 0.404. The monoisotopic (exact) mass is 264 g/mol. The summed E-state index contributed by atoms with van der Waals surface area (Å²) >= 11 is 0. The fraction of sp³-hybridized carbons (Fsp3) is 0.133. The first kappa shape index (κ1) is 12.2. The van der Waals surface area contributed by atoms with Gasteiger partial charge in [0.05, 0.1) is 19.0 Å². The highest BCUT2D eigenvalue weighted by Gasteiger charge is 2.10. The second kappa shape index (κ2) is 5.02. The zero-order valence-corrected chi connectivity index (χ0v) is 10.9. The summed E-state index contributed by atoms with van der Waals surface area (Å²) in [6.07, 6.45) is 1.70. The fourth-order valence-corrected chi connectivity index (χ4v) is 2.11. The van der Waals surface area contributed by atoms with Crippen molar-refractivity contribution >= 4 is 11.0 Å². The zero-order valence-electron chi connectivity index (χ0n) is 10.9. The topological polar surface area (TPSA) is 63.7 Å². The van der Waals surface area contributed by atoms with Crippen LogP contribution in [0.15, 0.2) is 42.6 Å². The van der Waals surface area contributed by atoms with Gasteiger partial charge in [0.2, 0.25) is 0 Å². The van der Waals surface area contributed by atoms with Crippen LogP contribution in [0.1, 0.15) is 11.3 Å². The first-order valence-corrected chi connectivity index (χ1v) is 6.16. The van der Waals surface area contributed by atoms with E-state index in [9.17, 15) is 0 Å². The van der Waals surface area contributed by atoms with E-state index in [0.717, 1.165) is 22.3 Å². The molecule has 0 aliphatic heterocycles. The lowest BCUT2D eigenvalue weighted by Crippen LogP contribution is -2.02. The Morgan fingerprint density at radius 1 is 1.25 bits per heavy atom. The van der Waals surface area contributed by atoms with Gasteiger partial charge >= 0.3 is 0 Å². The second-order valence-electron chi connectivity index (χ2n) is 4.34. The third kappa shape index (κ3) is 2.08. The molecule has 0 unspecified atom stereocenters. The van der Waals surface area contributed by atoms with Crippen molar-refractivity contribution in [2.24, 2.45) is 0 Å². The molecule has 0 saturated carbocycles. The Labute approximate surface area is 116 Å². The van der Waals surface area contributed by atoms with Gasteiger partial charge in [0.25, 0.3) is 0 Å². The van der Waals surface area contributed by atoms with Crippen LogP contribution in [0, 0.1) is 11.3 Å². The maximum Gasteiger partial charge on any atom is 0.172 e. The molecule has 3 rings (SSSR count). The number of aromatic nitrogens is 3. The second-order valence-corrected chi connectivity index (χ2v) is 4.34. The van der Waals surface area contributed by atoms with Crippen LogP contribution in [0.3, 0.4) is 0 Å². The van der Waals surface area contributed by atoms with Gasteiger partial charge in [0.15, 0.2) is 11.3 Å². The molecule has 0 radical (unpaired) electrons. The summed E-state index contributed by atoms with van der Waals surface area (Å²) in [5, 5.41) is 14.2. The van der Waals surface area contributed by atoms with Crippen molar-refractivity contribution in [1.29, 1.82) is 5.26 Å².